The van der Waals surface area contributed by atoms with Gasteiger partial charge in [0.2, 0.25) is 0 Å². The van der Waals surface area contributed by atoms with Gasteiger partial charge in [0, 0.05) is 28.0 Å². The Labute approximate surface area is 152 Å². The zero-order chi connectivity index (χ0) is 18.5. The number of halogens is 4. The Kier molecular flexibility index (Phi) is 3.88. The molecular formula is C19H13ClF3N3. The molecule has 26 heavy (non-hydrogen) atoms. The summed E-state index contributed by atoms with van der Waals surface area (Å²) >= 11 is 6.30. The van der Waals surface area contributed by atoms with Crippen molar-refractivity contribution in [1.29, 1.82) is 0 Å². The summed E-state index contributed by atoms with van der Waals surface area (Å²) in [7, 11) is 0. The van der Waals surface area contributed by atoms with Gasteiger partial charge < -0.3 is 0 Å². The quantitative estimate of drug-likeness (QED) is 0.574. The van der Waals surface area contributed by atoms with Crippen LogP contribution in [0.3, 0.4) is 0 Å². The molecule has 0 atom stereocenters. The predicted molar refractivity (Wildman–Crippen MR) is 94.1 cm³/mol. The highest BCUT2D eigenvalue weighted by molar-refractivity contribution is 6.35. The first-order chi connectivity index (χ1) is 12.4. The second kappa shape index (κ2) is 5.99. The molecule has 0 unspecified atom stereocenters. The normalized spacial score (nSPS) is 13.7. The summed E-state index contributed by atoms with van der Waals surface area (Å²) in [4.78, 5) is 8.89. The molecule has 2 aromatic carbocycles. The minimum Gasteiger partial charge on any atom is -0.299 e. The van der Waals surface area contributed by atoms with Gasteiger partial charge in [-0.2, -0.15) is 13.2 Å². The van der Waals surface area contributed by atoms with Crippen LogP contribution in [0.2, 0.25) is 5.02 Å². The summed E-state index contributed by atoms with van der Waals surface area (Å²) in [6.07, 6.45) is -2.76. The first-order valence-electron chi connectivity index (χ1n) is 7.91. The number of hydrogen-bond acceptors (Lipinski definition) is 2. The van der Waals surface area contributed by atoms with Crippen molar-refractivity contribution in [2.75, 3.05) is 0 Å². The van der Waals surface area contributed by atoms with Crippen molar-refractivity contribution in [3.05, 3.63) is 81.9 Å². The molecule has 0 radical (unpaired) electrons. The summed E-state index contributed by atoms with van der Waals surface area (Å²) < 4.78 is 41.7. The minimum atomic E-state index is -4.44. The SMILES string of the molecule is Cc1cnc2n1-c1ccc(C(F)(F)F)cc1C(c1ccccc1Cl)=NC2. The molecule has 2 heterocycles. The van der Waals surface area contributed by atoms with Gasteiger partial charge in [0.25, 0.3) is 0 Å². The summed E-state index contributed by atoms with van der Waals surface area (Å²) in [5, 5.41) is 0.436. The van der Waals surface area contributed by atoms with E-state index in [0.717, 1.165) is 17.8 Å². The monoisotopic (exact) mass is 375 g/mol. The molecule has 0 N–H and O–H groups in total. The molecule has 0 spiro atoms. The number of alkyl halides is 3. The number of hydrogen-bond donors (Lipinski definition) is 0. The maximum absolute atomic E-state index is 13.3. The molecule has 4 rings (SSSR count). The Morgan fingerprint density at radius 1 is 1.08 bits per heavy atom. The van der Waals surface area contributed by atoms with Gasteiger partial charge in [0.05, 0.1) is 23.5 Å². The fraction of sp³-hybridized carbons (Fsp3) is 0.158. The lowest BCUT2D eigenvalue weighted by molar-refractivity contribution is -0.137. The molecule has 132 valence electrons. The number of aromatic nitrogens is 2. The summed E-state index contributed by atoms with van der Waals surface area (Å²) in [6.45, 7) is 2.11. The van der Waals surface area contributed by atoms with Gasteiger partial charge in [-0.05, 0) is 31.2 Å². The lowest BCUT2D eigenvalue weighted by Gasteiger charge is -2.16. The highest BCUT2D eigenvalue weighted by atomic mass is 35.5. The lowest BCUT2D eigenvalue weighted by atomic mass is 9.98. The smallest absolute Gasteiger partial charge is 0.299 e. The van der Waals surface area contributed by atoms with Gasteiger partial charge in [-0.25, -0.2) is 4.98 Å². The van der Waals surface area contributed by atoms with E-state index in [1.165, 1.54) is 6.07 Å². The van der Waals surface area contributed by atoms with Crippen molar-refractivity contribution in [2.24, 2.45) is 4.99 Å². The van der Waals surface area contributed by atoms with Crippen molar-refractivity contribution in [2.45, 2.75) is 19.6 Å². The van der Waals surface area contributed by atoms with E-state index >= 15 is 0 Å². The predicted octanol–water partition coefficient (Wildman–Crippen LogP) is 5.20. The average molecular weight is 376 g/mol. The molecule has 0 saturated carbocycles. The van der Waals surface area contributed by atoms with E-state index in [2.05, 4.69) is 9.98 Å². The van der Waals surface area contributed by atoms with Gasteiger partial charge in [0.15, 0.2) is 0 Å². The number of nitrogens with zero attached hydrogens (tertiary/aromatic N) is 3. The van der Waals surface area contributed by atoms with Crippen LogP contribution in [0.1, 0.15) is 28.2 Å². The van der Waals surface area contributed by atoms with Crippen LogP contribution in [-0.2, 0) is 12.7 Å². The van der Waals surface area contributed by atoms with Crippen LogP contribution in [0.15, 0.2) is 53.7 Å². The molecule has 3 nitrogen and oxygen atoms in total. The zero-order valence-electron chi connectivity index (χ0n) is 13.7. The van der Waals surface area contributed by atoms with Crippen LogP contribution in [0, 0.1) is 6.92 Å². The largest absolute Gasteiger partial charge is 0.416 e. The molecule has 7 heteroatoms. The Morgan fingerprint density at radius 3 is 2.58 bits per heavy atom. The number of benzene rings is 2. The third-order valence-electron chi connectivity index (χ3n) is 4.34. The molecule has 1 aromatic heterocycles. The Bertz CT molecular complexity index is 1030. The second-order valence-corrected chi connectivity index (χ2v) is 6.43. The van der Waals surface area contributed by atoms with E-state index in [1.54, 1.807) is 30.5 Å². The van der Waals surface area contributed by atoms with Gasteiger partial charge >= 0.3 is 6.18 Å². The van der Waals surface area contributed by atoms with Crippen molar-refractivity contribution in [3.8, 4) is 5.69 Å². The van der Waals surface area contributed by atoms with E-state index in [0.29, 0.717) is 33.4 Å². The van der Waals surface area contributed by atoms with Gasteiger partial charge in [-0.3, -0.25) is 9.56 Å². The van der Waals surface area contributed by atoms with Crippen LogP contribution in [0.25, 0.3) is 5.69 Å². The molecule has 3 aromatic rings. The molecule has 0 saturated heterocycles. The second-order valence-electron chi connectivity index (χ2n) is 6.03. The summed E-state index contributed by atoms with van der Waals surface area (Å²) in [5.74, 6) is 0.672. The van der Waals surface area contributed by atoms with Crippen LogP contribution in [-0.4, -0.2) is 15.3 Å². The number of rotatable bonds is 1. The molecule has 1 aliphatic rings. The van der Waals surface area contributed by atoms with E-state index < -0.39 is 11.7 Å². The molecule has 0 bridgehead atoms. The maximum Gasteiger partial charge on any atom is 0.416 e. The Hall–Kier alpha value is -2.60. The van der Waals surface area contributed by atoms with E-state index in [-0.39, 0.29) is 6.54 Å². The average Bonchev–Trinajstić information content (AvgIpc) is 2.87. The third-order valence-corrected chi connectivity index (χ3v) is 4.67. The van der Waals surface area contributed by atoms with E-state index in [1.807, 2.05) is 11.5 Å². The third kappa shape index (κ3) is 2.70. The maximum atomic E-state index is 13.3. The van der Waals surface area contributed by atoms with Crippen molar-refractivity contribution < 1.29 is 13.2 Å². The van der Waals surface area contributed by atoms with Crippen molar-refractivity contribution in [3.63, 3.8) is 0 Å². The fourth-order valence-corrected chi connectivity index (χ4v) is 3.37. The standard InChI is InChI=1S/C19H13ClF3N3/c1-11-9-24-17-10-25-18(13-4-2-3-5-15(13)20)14-8-12(19(21,22)23)6-7-16(14)26(11)17/h2-9H,10H2,1H3. The van der Waals surface area contributed by atoms with Gasteiger partial charge in [0.1, 0.15) is 5.82 Å². The van der Waals surface area contributed by atoms with Crippen LogP contribution < -0.4 is 0 Å². The van der Waals surface area contributed by atoms with Crippen LogP contribution in [0.4, 0.5) is 13.2 Å². The van der Waals surface area contributed by atoms with Crippen molar-refractivity contribution in [1.82, 2.24) is 9.55 Å². The zero-order valence-corrected chi connectivity index (χ0v) is 14.4. The summed E-state index contributed by atoms with van der Waals surface area (Å²) in [6, 6.07) is 10.7. The number of fused-ring (bicyclic) bond motifs is 3. The fourth-order valence-electron chi connectivity index (χ4n) is 3.14. The number of imidazole rings is 1. The topological polar surface area (TPSA) is 30.2 Å². The molecule has 1 aliphatic heterocycles. The van der Waals surface area contributed by atoms with Crippen LogP contribution >= 0.6 is 11.6 Å². The Morgan fingerprint density at radius 2 is 1.85 bits per heavy atom. The lowest BCUT2D eigenvalue weighted by Crippen LogP contribution is -2.12. The van der Waals surface area contributed by atoms with Gasteiger partial charge in [-0.1, -0.05) is 29.8 Å². The first kappa shape index (κ1) is 16.8. The highest BCUT2D eigenvalue weighted by Crippen LogP contribution is 2.35. The minimum absolute atomic E-state index is 0.254. The first-order valence-corrected chi connectivity index (χ1v) is 8.28. The summed E-state index contributed by atoms with van der Waals surface area (Å²) in [5.41, 5.74) is 2.13. The molecular weight excluding hydrogens is 363 g/mol. The molecule has 0 amide bonds. The Balaban J connectivity index is 2.03. The van der Waals surface area contributed by atoms with Crippen molar-refractivity contribution >= 4 is 17.3 Å². The number of aryl methyl sites for hydroxylation is 1. The van der Waals surface area contributed by atoms with Gasteiger partial charge in [-0.15, -0.1) is 0 Å². The van der Waals surface area contributed by atoms with E-state index in [9.17, 15) is 13.2 Å². The van der Waals surface area contributed by atoms with Crippen LogP contribution in [0.5, 0.6) is 0 Å². The molecule has 0 fully saturated rings. The number of aliphatic imine (C=N–C) groups is 1. The highest BCUT2D eigenvalue weighted by Gasteiger charge is 2.32. The van der Waals surface area contributed by atoms with E-state index in [4.69, 9.17) is 11.6 Å². The molecule has 0 aliphatic carbocycles.